The predicted molar refractivity (Wildman–Crippen MR) is 74.5 cm³/mol. The van der Waals surface area contributed by atoms with Gasteiger partial charge < -0.3 is 5.73 Å². The van der Waals surface area contributed by atoms with Crippen LogP contribution < -0.4 is 5.73 Å². The number of hydrogen-bond donors (Lipinski definition) is 1. The minimum absolute atomic E-state index is 0.334. The molecule has 0 heterocycles. The van der Waals surface area contributed by atoms with Crippen LogP contribution >= 0.6 is 23.2 Å². The summed E-state index contributed by atoms with van der Waals surface area (Å²) in [6.07, 6.45) is 3.39. The summed E-state index contributed by atoms with van der Waals surface area (Å²) in [6.45, 7) is 4.49. The molecule has 0 spiro atoms. The standard InChI is InChI=1S/C14H19Cl2N/c1-9-4-3-7-14(17,10(9)2)12-8-11(15)5-6-13(12)16/h5-6,8-10H,3-4,7,17H2,1-2H3. The smallest absolute Gasteiger partial charge is 0.0457 e. The highest BCUT2D eigenvalue weighted by atomic mass is 35.5. The fourth-order valence-corrected chi connectivity index (χ4v) is 3.40. The van der Waals surface area contributed by atoms with Crippen LogP contribution in [0.5, 0.6) is 0 Å². The van der Waals surface area contributed by atoms with E-state index in [1.165, 1.54) is 6.42 Å². The second kappa shape index (κ2) is 4.79. The van der Waals surface area contributed by atoms with Crippen molar-refractivity contribution in [1.82, 2.24) is 0 Å². The molecule has 1 saturated carbocycles. The Bertz CT molecular complexity index is 419. The average molecular weight is 272 g/mol. The maximum absolute atomic E-state index is 6.64. The number of rotatable bonds is 1. The van der Waals surface area contributed by atoms with Gasteiger partial charge in [-0.3, -0.25) is 0 Å². The predicted octanol–water partition coefficient (Wildman–Crippen LogP) is 4.60. The molecule has 0 aromatic heterocycles. The van der Waals surface area contributed by atoms with Crippen molar-refractivity contribution in [2.24, 2.45) is 17.6 Å². The molecule has 3 heteroatoms. The maximum atomic E-state index is 6.64. The van der Waals surface area contributed by atoms with E-state index < -0.39 is 0 Å². The van der Waals surface area contributed by atoms with Crippen molar-refractivity contribution in [2.45, 2.75) is 38.6 Å². The van der Waals surface area contributed by atoms with Gasteiger partial charge in [0.25, 0.3) is 0 Å². The summed E-state index contributed by atoms with van der Waals surface area (Å²) >= 11 is 12.4. The molecular formula is C14H19Cl2N. The van der Waals surface area contributed by atoms with E-state index in [4.69, 9.17) is 28.9 Å². The van der Waals surface area contributed by atoms with Gasteiger partial charge in [0.1, 0.15) is 0 Å². The van der Waals surface area contributed by atoms with Gasteiger partial charge in [-0.05, 0) is 42.0 Å². The molecule has 1 aromatic rings. The third kappa shape index (κ3) is 2.33. The monoisotopic (exact) mass is 271 g/mol. The van der Waals surface area contributed by atoms with Crippen molar-refractivity contribution >= 4 is 23.2 Å². The molecule has 0 saturated heterocycles. The second-order valence-corrected chi connectivity index (χ2v) is 6.17. The summed E-state index contributed by atoms with van der Waals surface area (Å²) in [7, 11) is 0. The molecule has 2 N–H and O–H groups in total. The number of halogens is 2. The number of benzene rings is 1. The molecule has 17 heavy (non-hydrogen) atoms. The molecule has 0 bridgehead atoms. The Morgan fingerprint density at radius 2 is 2.00 bits per heavy atom. The van der Waals surface area contributed by atoms with Crippen LogP contribution in [0.1, 0.15) is 38.7 Å². The summed E-state index contributed by atoms with van der Waals surface area (Å²) in [5.41, 5.74) is 7.31. The molecule has 0 aliphatic heterocycles. The zero-order valence-corrected chi connectivity index (χ0v) is 11.9. The first kappa shape index (κ1) is 13.2. The van der Waals surface area contributed by atoms with E-state index in [0.717, 1.165) is 23.4 Å². The Labute approximate surface area is 113 Å². The lowest BCUT2D eigenvalue weighted by Gasteiger charge is -2.44. The first-order valence-corrected chi connectivity index (χ1v) is 6.95. The van der Waals surface area contributed by atoms with Gasteiger partial charge in [-0.1, -0.05) is 49.9 Å². The van der Waals surface area contributed by atoms with E-state index in [1.807, 2.05) is 18.2 Å². The van der Waals surface area contributed by atoms with E-state index in [9.17, 15) is 0 Å². The van der Waals surface area contributed by atoms with E-state index in [1.54, 1.807) is 0 Å². The van der Waals surface area contributed by atoms with Crippen LogP contribution in [0.15, 0.2) is 18.2 Å². The lowest BCUT2D eigenvalue weighted by atomic mass is 9.66. The van der Waals surface area contributed by atoms with Crippen molar-refractivity contribution in [1.29, 1.82) is 0 Å². The molecule has 94 valence electrons. The van der Waals surface area contributed by atoms with Crippen molar-refractivity contribution in [2.75, 3.05) is 0 Å². The fourth-order valence-electron chi connectivity index (χ4n) is 2.94. The van der Waals surface area contributed by atoms with Crippen LogP contribution in [0, 0.1) is 11.8 Å². The minimum Gasteiger partial charge on any atom is -0.321 e. The molecule has 1 aliphatic rings. The molecular weight excluding hydrogens is 253 g/mol. The average Bonchev–Trinajstić information content (AvgIpc) is 2.29. The topological polar surface area (TPSA) is 26.0 Å². The normalized spacial score (nSPS) is 33.7. The highest BCUT2D eigenvalue weighted by Gasteiger charge is 2.40. The Hall–Kier alpha value is -0.240. The fraction of sp³-hybridized carbons (Fsp3) is 0.571. The molecule has 3 unspecified atom stereocenters. The first-order chi connectivity index (χ1) is 7.95. The lowest BCUT2D eigenvalue weighted by Crippen LogP contribution is -2.48. The van der Waals surface area contributed by atoms with Crippen LogP contribution in [-0.2, 0) is 5.54 Å². The Kier molecular flexibility index (Phi) is 3.72. The molecule has 1 aliphatic carbocycles. The molecule has 1 aromatic carbocycles. The minimum atomic E-state index is -0.334. The zero-order valence-electron chi connectivity index (χ0n) is 10.3. The lowest BCUT2D eigenvalue weighted by molar-refractivity contribution is 0.144. The Morgan fingerprint density at radius 3 is 2.71 bits per heavy atom. The van der Waals surface area contributed by atoms with Crippen molar-refractivity contribution in [3.63, 3.8) is 0 Å². The van der Waals surface area contributed by atoms with Gasteiger partial charge in [0.2, 0.25) is 0 Å². The highest BCUT2D eigenvalue weighted by Crippen LogP contribution is 2.45. The second-order valence-electron chi connectivity index (χ2n) is 5.32. The van der Waals surface area contributed by atoms with E-state index in [2.05, 4.69) is 13.8 Å². The molecule has 1 fully saturated rings. The number of hydrogen-bond acceptors (Lipinski definition) is 1. The largest absolute Gasteiger partial charge is 0.321 e. The third-order valence-corrected chi connectivity index (χ3v) is 4.91. The van der Waals surface area contributed by atoms with Gasteiger partial charge in [-0.2, -0.15) is 0 Å². The van der Waals surface area contributed by atoms with Crippen LogP contribution in [-0.4, -0.2) is 0 Å². The molecule has 2 rings (SSSR count). The van der Waals surface area contributed by atoms with Gasteiger partial charge >= 0.3 is 0 Å². The first-order valence-electron chi connectivity index (χ1n) is 6.19. The summed E-state index contributed by atoms with van der Waals surface area (Å²) in [6, 6.07) is 5.59. The maximum Gasteiger partial charge on any atom is 0.0457 e. The zero-order chi connectivity index (χ0) is 12.6. The van der Waals surface area contributed by atoms with Gasteiger partial charge in [-0.15, -0.1) is 0 Å². The Balaban J connectivity index is 2.46. The summed E-state index contributed by atoms with van der Waals surface area (Å²) in [5.74, 6) is 1.05. The SMILES string of the molecule is CC1CCCC(N)(c2cc(Cl)ccc2Cl)C1C. The van der Waals surface area contributed by atoms with Gasteiger partial charge in [-0.25, -0.2) is 0 Å². The van der Waals surface area contributed by atoms with Crippen LogP contribution in [0.25, 0.3) is 0 Å². The van der Waals surface area contributed by atoms with E-state index >= 15 is 0 Å². The van der Waals surface area contributed by atoms with Crippen LogP contribution in [0.3, 0.4) is 0 Å². The van der Waals surface area contributed by atoms with Crippen molar-refractivity contribution in [3.05, 3.63) is 33.8 Å². The van der Waals surface area contributed by atoms with E-state index in [0.29, 0.717) is 16.9 Å². The summed E-state index contributed by atoms with van der Waals surface area (Å²) in [4.78, 5) is 0. The van der Waals surface area contributed by atoms with Gasteiger partial charge in [0, 0.05) is 15.6 Å². The molecule has 0 amide bonds. The molecule has 1 nitrogen and oxygen atoms in total. The van der Waals surface area contributed by atoms with Crippen LogP contribution in [0.2, 0.25) is 10.0 Å². The molecule has 0 radical (unpaired) electrons. The quantitative estimate of drug-likeness (QED) is 0.794. The Morgan fingerprint density at radius 1 is 1.29 bits per heavy atom. The summed E-state index contributed by atoms with van der Waals surface area (Å²) in [5, 5.41) is 1.44. The van der Waals surface area contributed by atoms with E-state index in [-0.39, 0.29) is 5.54 Å². The number of nitrogens with two attached hydrogens (primary N) is 1. The van der Waals surface area contributed by atoms with Crippen LogP contribution in [0.4, 0.5) is 0 Å². The highest BCUT2D eigenvalue weighted by molar-refractivity contribution is 6.33. The van der Waals surface area contributed by atoms with Gasteiger partial charge in [0.15, 0.2) is 0 Å². The van der Waals surface area contributed by atoms with Gasteiger partial charge in [0.05, 0.1) is 0 Å². The summed E-state index contributed by atoms with van der Waals surface area (Å²) < 4.78 is 0. The van der Waals surface area contributed by atoms with Crippen molar-refractivity contribution < 1.29 is 0 Å². The van der Waals surface area contributed by atoms with Crippen molar-refractivity contribution in [3.8, 4) is 0 Å². The third-order valence-electron chi connectivity index (χ3n) is 4.35. The molecule has 3 atom stereocenters.